The molecule has 2 amide bonds. The summed E-state index contributed by atoms with van der Waals surface area (Å²) in [5.41, 5.74) is 6.61. The van der Waals surface area contributed by atoms with Crippen molar-refractivity contribution in [2.24, 2.45) is 0 Å². The number of alkyl halides is 1. The van der Waals surface area contributed by atoms with Gasteiger partial charge in [-0.25, -0.2) is 27.4 Å². The molecule has 2 aliphatic rings. The molecule has 9 rings (SSSR count). The number of ether oxygens (including phenoxy) is 4. The van der Waals surface area contributed by atoms with Gasteiger partial charge >= 0.3 is 0 Å². The number of hydrogen-bond donors (Lipinski definition) is 3. The zero-order valence-corrected chi connectivity index (χ0v) is 44.0. The van der Waals surface area contributed by atoms with E-state index in [1.54, 1.807) is 57.9 Å². The van der Waals surface area contributed by atoms with E-state index in [1.165, 1.54) is 12.3 Å². The number of aromatic nitrogens is 4. The van der Waals surface area contributed by atoms with Crippen LogP contribution in [0.3, 0.4) is 0 Å². The molecule has 0 saturated carbocycles. The van der Waals surface area contributed by atoms with Crippen molar-refractivity contribution in [2.45, 2.75) is 70.6 Å². The van der Waals surface area contributed by atoms with Gasteiger partial charge in [0.15, 0.2) is 5.82 Å². The molecule has 3 N–H and O–H groups in total. The lowest BCUT2D eigenvalue weighted by Crippen LogP contribution is -2.48. The summed E-state index contributed by atoms with van der Waals surface area (Å²) in [5.74, 6) is -2.90. The van der Waals surface area contributed by atoms with Gasteiger partial charge in [-0.05, 0) is 93.5 Å². The number of likely N-dealkylation sites (tertiary alicyclic amines) is 1. The highest BCUT2D eigenvalue weighted by atomic mass is 32.2. The van der Waals surface area contributed by atoms with E-state index < -0.39 is 41.1 Å². The lowest BCUT2D eigenvalue weighted by Gasteiger charge is -2.28. The second kappa shape index (κ2) is 25.5. The maximum absolute atomic E-state index is 15.6. The van der Waals surface area contributed by atoms with Gasteiger partial charge in [-0.3, -0.25) is 14.4 Å². The highest BCUT2D eigenvalue weighted by molar-refractivity contribution is 7.98. The number of nitrogens with zero attached hydrogens (tertiary/aromatic N) is 5. The van der Waals surface area contributed by atoms with Gasteiger partial charge in [-0.2, -0.15) is 0 Å². The van der Waals surface area contributed by atoms with Gasteiger partial charge in [0.25, 0.3) is 0 Å². The number of carbonyl (C=O) groups is 3. The summed E-state index contributed by atoms with van der Waals surface area (Å²) in [4.78, 5) is 56.0. The number of halogens is 3. The van der Waals surface area contributed by atoms with Crippen LogP contribution < -0.4 is 14.8 Å². The topological polar surface area (TPSA) is 186 Å². The van der Waals surface area contributed by atoms with Crippen LogP contribution in [-0.2, 0) is 23.8 Å². The van der Waals surface area contributed by atoms with Gasteiger partial charge in [-0.1, -0.05) is 41.6 Å². The van der Waals surface area contributed by atoms with Gasteiger partial charge in [-0.15, -0.1) is 11.3 Å². The van der Waals surface area contributed by atoms with Gasteiger partial charge in [0.05, 0.1) is 72.1 Å². The summed E-state index contributed by atoms with van der Waals surface area (Å²) >= 11 is 2.60. The summed E-state index contributed by atoms with van der Waals surface area (Å²) in [6.07, 6.45) is 4.04. The molecule has 4 unspecified atom stereocenters. The molecule has 0 bridgehead atoms. The van der Waals surface area contributed by atoms with Gasteiger partial charge in [0.1, 0.15) is 47.7 Å². The Balaban J connectivity index is 0.673. The Kier molecular flexibility index (Phi) is 18.2. The number of thiazole rings is 1. The molecule has 0 spiro atoms. The van der Waals surface area contributed by atoms with Crippen LogP contribution in [0.15, 0.2) is 95.2 Å². The van der Waals surface area contributed by atoms with E-state index in [0.717, 1.165) is 45.5 Å². The molecule has 76 heavy (non-hydrogen) atoms. The zero-order valence-electron chi connectivity index (χ0n) is 42.3. The van der Waals surface area contributed by atoms with E-state index in [2.05, 4.69) is 30.1 Å². The summed E-state index contributed by atoms with van der Waals surface area (Å²) in [6.45, 7) is 9.03. The first-order valence-corrected chi connectivity index (χ1v) is 26.9. The van der Waals surface area contributed by atoms with E-state index in [-0.39, 0.29) is 42.3 Å². The molecule has 400 valence electrons. The Labute approximate surface area is 446 Å². The Bertz CT molecular complexity index is 3100. The molecule has 3 aromatic carbocycles. The van der Waals surface area contributed by atoms with Crippen LogP contribution in [0.1, 0.15) is 83.2 Å². The van der Waals surface area contributed by atoms with E-state index in [1.807, 2.05) is 55.8 Å². The minimum atomic E-state index is -1.04. The number of fused-ring (bicyclic) bond motifs is 1. The minimum Gasteiger partial charge on any atom is -0.491 e. The van der Waals surface area contributed by atoms with Crippen molar-refractivity contribution in [3.05, 3.63) is 136 Å². The van der Waals surface area contributed by atoms with Crippen LogP contribution in [0, 0.1) is 25.5 Å². The number of nitrogens with one attached hydrogen (secondary N) is 3. The van der Waals surface area contributed by atoms with Crippen LogP contribution in [-0.4, -0.2) is 125 Å². The van der Waals surface area contributed by atoms with E-state index in [9.17, 15) is 18.8 Å². The summed E-state index contributed by atoms with van der Waals surface area (Å²) < 4.78 is 77.5. The Morgan fingerprint density at radius 3 is 2.32 bits per heavy atom. The minimum absolute atomic E-state index is 0.0579. The van der Waals surface area contributed by atoms with Crippen molar-refractivity contribution in [1.82, 2.24) is 34.6 Å². The highest BCUT2D eigenvalue weighted by Crippen LogP contribution is 2.34. The quantitative estimate of drug-likeness (QED) is 0.0279. The van der Waals surface area contributed by atoms with Crippen molar-refractivity contribution in [1.29, 1.82) is 0 Å². The average molecular weight is 1080 g/mol. The molecule has 4 atom stereocenters. The highest BCUT2D eigenvalue weighted by Gasteiger charge is 2.39. The lowest BCUT2D eigenvalue weighted by molar-refractivity contribution is -0.140. The third-order valence-electron chi connectivity index (χ3n) is 13.4. The molecule has 21 heteroatoms. The molecular formula is C55H59F3N8O8S2. The summed E-state index contributed by atoms with van der Waals surface area (Å²) in [5, 5.41) is 7.56. The van der Waals surface area contributed by atoms with Gasteiger partial charge in [0.2, 0.25) is 17.6 Å². The number of benzene rings is 3. The molecule has 0 aliphatic carbocycles. The lowest BCUT2D eigenvalue weighted by atomic mass is 9.99. The molecule has 2 aliphatic heterocycles. The molecule has 16 nitrogen and oxygen atoms in total. The average Bonchev–Trinajstić information content (AvgIpc) is 4.31. The maximum atomic E-state index is 15.6. The van der Waals surface area contributed by atoms with Crippen molar-refractivity contribution in [3.63, 3.8) is 0 Å². The standard InChI is InChI=1S/C55H59F3N8O8S2/c1-33-27-48(74-63-33)42(55(69)66-18-4-5-47(66)54(68)62-34(2)36-6-8-38(9-7-36)52-35(3)61-32-75-52)17-20-70-21-22-71-23-24-72-25-26-73-41-12-10-37(11-13-41)39-28-43-44(30-60-53(43)59-29-39)51(67)49-45(57)14-15-46(50(49)58)64-76-65-19-16-40(56)31-65/h6-15,27-30,32,34,40,42,47,64H,4-5,16-26,31H2,1-3H3,(H,59,60)(H,62,68). The number of amides is 2. The second-order valence-corrected chi connectivity index (χ2v) is 20.4. The fourth-order valence-corrected chi connectivity index (χ4v) is 10.9. The first-order chi connectivity index (χ1) is 36.9. The van der Waals surface area contributed by atoms with Crippen LogP contribution >= 0.6 is 23.5 Å². The number of anilines is 1. The fourth-order valence-electron chi connectivity index (χ4n) is 9.25. The normalized spacial score (nSPS) is 16.6. The Morgan fingerprint density at radius 1 is 0.882 bits per heavy atom. The molecule has 2 fully saturated rings. The van der Waals surface area contributed by atoms with Crippen LogP contribution in [0.25, 0.3) is 32.6 Å². The Hall–Kier alpha value is -6.62. The second-order valence-electron chi connectivity index (χ2n) is 18.6. The molecule has 2 saturated heterocycles. The molecule has 7 aromatic rings. The van der Waals surface area contributed by atoms with Crippen molar-refractivity contribution in [2.75, 3.05) is 70.6 Å². The predicted octanol–water partition coefficient (Wildman–Crippen LogP) is 9.96. The van der Waals surface area contributed by atoms with Crippen molar-refractivity contribution in [3.8, 4) is 27.3 Å². The van der Waals surface area contributed by atoms with E-state index in [4.69, 9.17) is 23.5 Å². The number of pyridine rings is 1. The number of aromatic amines is 1. The van der Waals surface area contributed by atoms with Crippen LogP contribution in [0.4, 0.5) is 18.9 Å². The van der Waals surface area contributed by atoms with Crippen molar-refractivity contribution < 1.29 is 51.0 Å². The number of aryl methyl sites for hydroxylation is 2. The zero-order chi connectivity index (χ0) is 53.1. The van der Waals surface area contributed by atoms with E-state index >= 15 is 8.78 Å². The number of hydrogen-bond acceptors (Lipinski definition) is 15. The third-order valence-corrected chi connectivity index (χ3v) is 15.2. The number of ketones is 1. The number of H-pyrrole nitrogens is 1. The van der Waals surface area contributed by atoms with Crippen molar-refractivity contribution >= 4 is 57.8 Å². The Morgan fingerprint density at radius 2 is 1.62 bits per heavy atom. The number of rotatable bonds is 25. The van der Waals surface area contributed by atoms with Crippen LogP contribution in [0.5, 0.6) is 5.75 Å². The monoisotopic (exact) mass is 1080 g/mol. The summed E-state index contributed by atoms with van der Waals surface area (Å²) in [7, 11) is 0. The smallest absolute Gasteiger partial charge is 0.243 e. The molecular weight excluding hydrogens is 1020 g/mol. The number of carbonyl (C=O) groups excluding carboxylic acids is 3. The predicted molar refractivity (Wildman–Crippen MR) is 284 cm³/mol. The van der Waals surface area contributed by atoms with E-state index in [0.29, 0.717) is 112 Å². The largest absolute Gasteiger partial charge is 0.491 e. The maximum Gasteiger partial charge on any atom is 0.243 e. The molecule has 4 aromatic heterocycles. The first-order valence-electron chi connectivity index (χ1n) is 25.2. The SMILES string of the molecule is Cc1cc(C(CCOCCOCCOCCOc2ccc(-c3cnc4[nH]cc(C(=O)c5c(F)ccc(NSN6CCC(F)C6)c5F)c4c3)cc2)C(=O)N2CCCC2C(=O)NC(C)c2ccc(-c3scnc3C)cc2)on1. The third kappa shape index (κ3) is 13.1. The first kappa shape index (κ1) is 54.2. The molecule has 6 heterocycles. The van der Waals surface area contributed by atoms with Gasteiger partial charge < -0.3 is 43.4 Å². The molecule has 0 radical (unpaired) electrons. The van der Waals surface area contributed by atoms with Crippen LogP contribution in [0.2, 0.25) is 0 Å². The fraction of sp³-hybridized carbons (Fsp3) is 0.382. The summed E-state index contributed by atoms with van der Waals surface area (Å²) in [6, 6.07) is 20.2. The van der Waals surface area contributed by atoms with Gasteiger partial charge in [0, 0.05) is 73.3 Å².